The van der Waals surface area contributed by atoms with E-state index in [1.807, 2.05) is 47.8 Å². The van der Waals surface area contributed by atoms with Crippen LogP contribution in [0, 0.1) is 0 Å². The van der Waals surface area contributed by atoms with Crippen molar-refractivity contribution in [2.75, 3.05) is 13.7 Å². The van der Waals surface area contributed by atoms with E-state index in [2.05, 4.69) is 31.5 Å². The van der Waals surface area contributed by atoms with Gasteiger partial charge in [0, 0.05) is 34.5 Å². The number of nitrogens with zero attached hydrogens (tertiary/aromatic N) is 5. The van der Waals surface area contributed by atoms with Gasteiger partial charge < -0.3 is 18.9 Å². The first-order valence-corrected chi connectivity index (χ1v) is 13.4. The second kappa shape index (κ2) is 10.9. The van der Waals surface area contributed by atoms with Crippen molar-refractivity contribution in [1.29, 1.82) is 0 Å². The molecule has 38 heavy (non-hydrogen) atoms. The predicted octanol–water partition coefficient (Wildman–Crippen LogP) is 4.15. The van der Waals surface area contributed by atoms with E-state index in [1.165, 1.54) is 0 Å². The average Bonchev–Trinajstić information content (AvgIpc) is 3.74. The Hall–Kier alpha value is -3.80. The van der Waals surface area contributed by atoms with E-state index in [1.54, 1.807) is 29.4 Å². The largest absolute Gasteiger partial charge is 0.497 e. The van der Waals surface area contributed by atoms with Crippen molar-refractivity contribution in [3.05, 3.63) is 92.6 Å². The number of aromatic amines is 1. The van der Waals surface area contributed by atoms with Crippen molar-refractivity contribution < 1.29 is 13.9 Å². The molecular weight excluding hydrogens is 504 g/mol. The van der Waals surface area contributed by atoms with Crippen LogP contribution in [0.4, 0.5) is 0 Å². The number of hydrogen-bond donors (Lipinski definition) is 1. The van der Waals surface area contributed by atoms with Gasteiger partial charge in [0.05, 0.1) is 32.6 Å². The van der Waals surface area contributed by atoms with Crippen molar-refractivity contribution in [1.82, 2.24) is 30.1 Å². The maximum absolute atomic E-state index is 13.7. The lowest BCUT2D eigenvalue weighted by Gasteiger charge is -2.30. The van der Waals surface area contributed by atoms with Crippen LogP contribution in [0.5, 0.6) is 5.75 Å². The summed E-state index contributed by atoms with van der Waals surface area (Å²) in [5.41, 5.74) is 1.07. The molecule has 0 amide bonds. The molecule has 196 valence electrons. The third kappa shape index (κ3) is 5.13. The molecule has 0 bridgehead atoms. The van der Waals surface area contributed by atoms with Gasteiger partial charge in [0.25, 0.3) is 5.56 Å². The quantitative estimate of drug-likeness (QED) is 0.286. The van der Waals surface area contributed by atoms with Crippen LogP contribution < -0.4 is 10.3 Å². The van der Waals surface area contributed by atoms with Gasteiger partial charge >= 0.3 is 0 Å². The number of tetrazole rings is 1. The number of nitrogens with one attached hydrogen (secondary N) is 1. The maximum Gasteiger partial charge on any atom is 0.253 e. The molecule has 1 aliphatic heterocycles. The molecule has 1 aliphatic rings. The number of thiophene rings is 1. The summed E-state index contributed by atoms with van der Waals surface area (Å²) >= 11 is 1.66. The first kappa shape index (κ1) is 24.5. The van der Waals surface area contributed by atoms with E-state index in [9.17, 15) is 4.79 Å². The molecule has 1 saturated heterocycles. The Labute approximate surface area is 222 Å². The Morgan fingerprint density at radius 1 is 1.24 bits per heavy atom. The highest BCUT2D eigenvalue weighted by atomic mass is 32.1. The van der Waals surface area contributed by atoms with Gasteiger partial charge in [0.15, 0.2) is 5.82 Å². The molecular formula is C27H28N6O4S. The zero-order valence-corrected chi connectivity index (χ0v) is 21.8. The Morgan fingerprint density at radius 3 is 2.95 bits per heavy atom. The fraction of sp³-hybridized carbons (Fsp3) is 0.333. The lowest BCUT2D eigenvalue weighted by Crippen LogP contribution is -2.35. The van der Waals surface area contributed by atoms with Crippen molar-refractivity contribution in [2.24, 2.45) is 0 Å². The van der Waals surface area contributed by atoms with Gasteiger partial charge in [0.2, 0.25) is 0 Å². The van der Waals surface area contributed by atoms with Crippen molar-refractivity contribution in [3.63, 3.8) is 0 Å². The number of rotatable bonds is 10. The number of benzene rings is 1. The van der Waals surface area contributed by atoms with Crippen LogP contribution in [0.1, 0.15) is 40.9 Å². The van der Waals surface area contributed by atoms with Gasteiger partial charge in [-0.15, -0.1) is 16.4 Å². The van der Waals surface area contributed by atoms with E-state index in [-0.39, 0.29) is 11.7 Å². The van der Waals surface area contributed by atoms with Crippen LogP contribution in [0.3, 0.4) is 0 Å². The summed E-state index contributed by atoms with van der Waals surface area (Å²) in [5, 5.41) is 15.7. The Kier molecular flexibility index (Phi) is 7.04. The van der Waals surface area contributed by atoms with Crippen LogP contribution in [0.2, 0.25) is 0 Å². The minimum absolute atomic E-state index is 0.0351. The number of aromatic nitrogens is 5. The monoisotopic (exact) mass is 532 g/mol. The molecule has 1 N–H and O–H groups in total. The molecule has 4 aromatic heterocycles. The van der Waals surface area contributed by atoms with Gasteiger partial charge in [-0.3, -0.25) is 9.69 Å². The topological polar surface area (TPSA) is 111 Å². The Bertz CT molecular complexity index is 1500. The van der Waals surface area contributed by atoms with Gasteiger partial charge in [-0.25, -0.2) is 4.68 Å². The van der Waals surface area contributed by atoms with Crippen LogP contribution in [-0.2, 0) is 24.4 Å². The molecule has 0 unspecified atom stereocenters. The number of pyridine rings is 1. The zero-order chi connectivity index (χ0) is 25.9. The lowest BCUT2D eigenvalue weighted by molar-refractivity contribution is 0.0901. The van der Waals surface area contributed by atoms with Crippen LogP contribution in [0.25, 0.3) is 10.9 Å². The van der Waals surface area contributed by atoms with Crippen LogP contribution in [-0.4, -0.2) is 49.9 Å². The predicted molar refractivity (Wildman–Crippen MR) is 142 cm³/mol. The highest BCUT2D eigenvalue weighted by Gasteiger charge is 2.32. The summed E-state index contributed by atoms with van der Waals surface area (Å²) in [6.45, 7) is 2.29. The summed E-state index contributed by atoms with van der Waals surface area (Å²) in [7, 11) is 1.63. The fourth-order valence-electron chi connectivity index (χ4n) is 4.99. The highest BCUT2D eigenvalue weighted by molar-refractivity contribution is 7.09. The fourth-order valence-corrected chi connectivity index (χ4v) is 5.72. The van der Waals surface area contributed by atoms with E-state index in [0.717, 1.165) is 41.0 Å². The third-order valence-electron chi connectivity index (χ3n) is 6.82. The SMILES string of the molecule is COc1ccc2[nH]c(=O)c([C@H](c3nnnn3C[C@H]3CCCO3)N(Cc3ccco3)Cc3cccs3)cc2c1. The number of methoxy groups -OCH3 is 1. The Balaban J connectivity index is 1.50. The molecule has 0 aliphatic carbocycles. The number of fused-ring (bicyclic) bond motifs is 1. The van der Waals surface area contributed by atoms with Crippen LogP contribution in [0.15, 0.2) is 69.4 Å². The molecule has 1 aromatic carbocycles. The molecule has 6 rings (SSSR count). The normalized spacial score (nSPS) is 16.4. The van der Waals surface area contributed by atoms with Gasteiger partial charge in [-0.05, 0) is 71.1 Å². The van der Waals surface area contributed by atoms with Gasteiger partial charge in [0.1, 0.15) is 17.6 Å². The summed E-state index contributed by atoms with van der Waals surface area (Å²) in [5.74, 6) is 2.07. The van der Waals surface area contributed by atoms with Gasteiger partial charge in [-0.2, -0.15) is 0 Å². The molecule has 0 radical (unpaired) electrons. The van der Waals surface area contributed by atoms with Crippen molar-refractivity contribution in [3.8, 4) is 5.75 Å². The number of hydrogen-bond acceptors (Lipinski definition) is 9. The van der Waals surface area contributed by atoms with E-state index >= 15 is 0 Å². The standard InChI is InChI=1S/C27H28N6O4S/c1-35-19-8-9-24-18(13-19)14-23(27(34)28-24)25(26-29-30-31-33(26)16-21-6-3-11-37-21)32(15-20-5-2-10-36-20)17-22-7-4-12-38-22/h2,4-5,7-10,12-14,21,25H,3,6,11,15-17H2,1H3,(H,28,34)/t21-,25-/m1/s1. The number of ether oxygens (including phenoxy) is 2. The van der Waals surface area contributed by atoms with Crippen LogP contribution >= 0.6 is 11.3 Å². The third-order valence-corrected chi connectivity index (χ3v) is 7.68. The van der Waals surface area contributed by atoms with Gasteiger partial charge in [-0.1, -0.05) is 6.07 Å². The van der Waals surface area contributed by atoms with E-state index in [0.29, 0.717) is 36.8 Å². The van der Waals surface area contributed by atoms with Crippen molar-refractivity contribution in [2.45, 2.75) is 44.6 Å². The Morgan fingerprint density at radius 2 is 2.18 bits per heavy atom. The smallest absolute Gasteiger partial charge is 0.253 e. The molecule has 1 fully saturated rings. The highest BCUT2D eigenvalue weighted by Crippen LogP contribution is 2.32. The summed E-state index contributed by atoms with van der Waals surface area (Å²) < 4.78 is 18.8. The lowest BCUT2D eigenvalue weighted by atomic mass is 10.0. The van der Waals surface area contributed by atoms with Crippen molar-refractivity contribution >= 4 is 22.2 Å². The second-order valence-electron chi connectivity index (χ2n) is 9.33. The molecule has 11 heteroatoms. The summed E-state index contributed by atoms with van der Waals surface area (Å²) in [4.78, 5) is 20.0. The van der Waals surface area contributed by atoms with E-state index in [4.69, 9.17) is 13.9 Å². The second-order valence-corrected chi connectivity index (χ2v) is 10.4. The summed E-state index contributed by atoms with van der Waals surface area (Å²) in [6, 6.07) is 14.9. The minimum atomic E-state index is -0.557. The average molecular weight is 533 g/mol. The molecule has 0 spiro atoms. The zero-order valence-electron chi connectivity index (χ0n) is 20.9. The van der Waals surface area contributed by atoms with E-state index < -0.39 is 6.04 Å². The molecule has 5 heterocycles. The number of H-pyrrole nitrogens is 1. The molecule has 2 atom stereocenters. The number of furan rings is 1. The molecule has 10 nitrogen and oxygen atoms in total. The first-order chi connectivity index (χ1) is 18.7. The maximum atomic E-state index is 13.7. The molecule has 5 aromatic rings. The first-order valence-electron chi connectivity index (χ1n) is 12.6. The summed E-state index contributed by atoms with van der Waals surface area (Å²) in [6.07, 6.45) is 3.66. The minimum Gasteiger partial charge on any atom is -0.497 e. The molecule has 0 saturated carbocycles.